The average Bonchev–Trinajstić information content (AvgIpc) is 3.20. The molecule has 0 unspecified atom stereocenters. The Kier molecular flexibility index (Phi) is 4.84. The third kappa shape index (κ3) is 3.05. The van der Waals surface area contributed by atoms with E-state index in [0.29, 0.717) is 24.1 Å². The molecule has 0 aliphatic heterocycles. The number of unbranched alkanes of at least 4 members (excludes halogenated alkanes) is 1. The van der Waals surface area contributed by atoms with Crippen LogP contribution in [-0.2, 0) is 6.54 Å². The number of aromatic nitrogens is 2. The molecular formula is C16H15N3O2S2. The van der Waals surface area contributed by atoms with Crippen LogP contribution in [0.4, 0.5) is 0 Å². The summed E-state index contributed by atoms with van der Waals surface area (Å²) in [4.78, 5) is 18.3. The van der Waals surface area contributed by atoms with Crippen molar-refractivity contribution in [1.82, 2.24) is 9.55 Å². The minimum Gasteiger partial charge on any atom is -0.464 e. The predicted octanol–water partition coefficient (Wildman–Crippen LogP) is 4.13. The Labute approximate surface area is 141 Å². The van der Waals surface area contributed by atoms with Crippen LogP contribution in [-0.4, -0.2) is 15.3 Å². The molecule has 0 radical (unpaired) electrons. The molecule has 5 nitrogen and oxygen atoms in total. The quantitative estimate of drug-likeness (QED) is 0.381. The van der Waals surface area contributed by atoms with Crippen molar-refractivity contribution in [2.75, 3.05) is 5.75 Å². The summed E-state index contributed by atoms with van der Waals surface area (Å²) in [5.41, 5.74) is 0.767. The molecule has 0 saturated heterocycles. The number of hydrogen-bond acceptors (Lipinski definition) is 6. The maximum absolute atomic E-state index is 12.9. The Bertz CT molecular complexity index is 904. The smallest absolute Gasteiger partial charge is 0.263 e. The molecule has 3 rings (SSSR count). The first-order valence-corrected chi connectivity index (χ1v) is 9.18. The van der Waals surface area contributed by atoms with Gasteiger partial charge in [-0.2, -0.15) is 5.26 Å². The lowest BCUT2D eigenvalue weighted by Crippen LogP contribution is -2.22. The summed E-state index contributed by atoms with van der Waals surface area (Å²) >= 11 is 2.98. The van der Waals surface area contributed by atoms with E-state index in [1.165, 1.54) is 23.1 Å². The van der Waals surface area contributed by atoms with Crippen molar-refractivity contribution in [2.45, 2.75) is 31.5 Å². The summed E-state index contributed by atoms with van der Waals surface area (Å²) in [6.07, 6.45) is 2.91. The van der Waals surface area contributed by atoms with Gasteiger partial charge in [0.1, 0.15) is 10.6 Å². The van der Waals surface area contributed by atoms with Gasteiger partial charge >= 0.3 is 0 Å². The molecule has 7 heteroatoms. The van der Waals surface area contributed by atoms with Gasteiger partial charge in [-0.15, -0.1) is 11.3 Å². The van der Waals surface area contributed by atoms with E-state index in [4.69, 9.17) is 9.68 Å². The molecule has 3 aromatic rings. The van der Waals surface area contributed by atoms with Gasteiger partial charge in [0.2, 0.25) is 0 Å². The summed E-state index contributed by atoms with van der Waals surface area (Å²) < 4.78 is 7.12. The van der Waals surface area contributed by atoms with E-state index in [1.54, 1.807) is 10.8 Å². The Hall–Kier alpha value is -2.04. The lowest BCUT2D eigenvalue weighted by Gasteiger charge is -2.09. The largest absolute Gasteiger partial charge is 0.464 e. The van der Waals surface area contributed by atoms with Crippen molar-refractivity contribution in [2.24, 2.45) is 0 Å². The van der Waals surface area contributed by atoms with Crippen LogP contribution >= 0.6 is 23.1 Å². The molecule has 0 bridgehead atoms. The van der Waals surface area contributed by atoms with Crippen LogP contribution in [0.2, 0.25) is 0 Å². The highest BCUT2D eigenvalue weighted by atomic mass is 32.2. The van der Waals surface area contributed by atoms with Gasteiger partial charge in [-0.05, 0) is 25.5 Å². The van der Waals surface area contributed by atoms with Crippen LogP contribution in [0, 0.1) is 11.3 Å². The lowest BCUT2D eigenvalue weighted by atomic mass is 10.2. The molecule has 0 fully saturated rings. The van der Waals surface area contributed by atoms with E-state index in [0.717, 1.165) is 27.7 Å². The monoisotopic (exact) mass is 345 g/mol. The fourth-order valence-electron chi connectivity index (χ4n) is 2.32. The van der Waals surface area contributed by atoms with Gasteiger partial charge in [0.05, 0.1) is 17.7 Å². The molecule has 3 heterocycles. The third-order valence-electron chi connectivity index (χ3n) is 3.43. The number of thiophene rings is 1. The average molecular weight is 345 g/mol. The van der Waals surface area contributed by atoms with Crippen LogP contribution < -0.4 is 5.56 Å². The first-order valence-electron chi connectivity index (χ1n) is 7.32. The van der Waals surface area contributed by atoms with Gasteiger partial charge in [-0.1, -0.05) is 11.8 Å². The van der Waals surface area contributed by atoms with E-state index < -0.39 is 0 Å². The molecule has 0 spiro atoms. The molecule has 23 heavy (non-hydrogen) atoms. The normalized spacial score (nSPS) is 11.0. The maximum atomic E-state index is 12.9. The van der Waals surface area contributed by atoms with Gasteiger partial charge in [0.25, 0.3) is 5.56 Å². The topological polar surface area (TPSA) is 71.8 Å². The summed E-state index contributed by atoms with van der Waals surface area (Å²) in [6, 6.07) is 5.79. The first kappa shape index (κ1) is 15.8. The van der Waals surface area contributed by atoms with E-state index >= 15 is 0 Å². The summed E-state index contributed by atoms with van der Waals surface area (Å²) in [6.45, 7) is 2.50. The van der Waals surface area contributed by atoms with Crippen molar-refractivity contribution in [3.8, 4) is 17.4 Å². The molecule has 0 N–H and O–H groups in total. The Balaban J connectivity index is 2.05. The zero-order valence-electron chi connectivity index (χ0n) is 12.6. The van der Waals surface area contributed by atoms with Crippen LogP contribution in [0.25, 0.3) is 21.5 Å². The molecule has 0 aliphatic carbocycles. The van der Waals surface area contributed by atoms with Crippen molar-refractivity contribution in [3.63, 3.8) is 0 Å². The van der Waals surface area contributed by atoms with Crippen molar-refractivity contribution in [1.29, 1.82) is 5.26 Å². The van der Waals surface area contributed by atoms with Gasteiger partial charge in [-0.3, -0.25) is 9.36 Å². The first-order chi connectivity index (χ1) is 11.3. The minimum atomic E-state index is -0.0343. The van der Waals surface area contributed by atoms with Crippen LogP contribution in [0.15, 0.2) is 38.1 Å². The Morgan fingerprint density at radius 3 is 3.09 bits per heavy atom. The second-order valence-corrected chi connectivity index (χ2v) is 6.78. The third-order valence-corrected chi connectivity index (χ3v) is 5.36. The highest BCUT2D eigenvalue weighted by Gasteiger charge is 2.17. The number of rotatable bonds is 6. The fourth-order valence-corrected chi connectivity index (χ4v) is 4.29. The van der Waals surface area contributed by atoms with E-state index in [9.17, 15) is 4.79 Å². The summed E-state index contributed by atoms with van der Waals surface area (Å²) in [7, 11) is 0. The molecule has 118 valence electrons. The zero-order valence-corrected chi connectivity index (χ0v) is 14.2. The molecule has 0 amide bonds. The van der Waals surface area contributed by atoms with Crippen molar-refractivity contribution < 1.29 is 4.42 Å². The Morgan fingerprint density at radius 2 is 2.39 bits per heavy atom. The predicted molar refractivity (Wildman–Crippen MR) is 92.8 cm³/mol. The second-order valence-electron chi connectivity index (χ2n) is 4.86. The molecule has 0 aromatic carbocycles. The molecule has 0 saturated carbocycles. The number of nitriles is 1. The van der Waals surface area contributed by atoms with Gasteiger partial charge in [-0.25, -0.2) is 4.98 Å². The molecule has 0 aliphatic rings. The van der Waals surface area contributed by atoms with Crippen LogP contribution in [0.3, 0.4) is 0 Å². The number of nitrogens with zero attached hydrogens (tertiary/aromatic N) is 3. The molecular weight excluding hydrogens is 330 g/mol. The highest BCUT2D eigenvalue weighted by Crippen LogP contribution is 2.32. The minimum absolute atomic E-state index is 0.0343. The number of fused-ring (bicyclic) bond motifs is 1. The number of thioether (sulfide) groups is 1. The standard InChI is InChI=1S/C16H15N3O2S2/c1-2-19-15(20)13-11(12-6-5-8-21-12)10-23-14(13)18-16(19)22-9-4-3-7-17/h5-6,8,10H,2-4,9H2,1H3. The van der Waals surface area contributed by atoms with E-state index in [2.05, 4.69) is 11.1 Å². The molecule has 0 atom stereocenters. The maximum Gasteiger partial charge on any atom is 0.263 e. The second kappa shape index (κ2) is 7.02. The van der Waals surface area contributed by atoms with E-state index in [1.807, 2.05) is 24.4 Å². The van der Waals surface area contributed by atoms with Crippen LogP contribution in [0.1, 0.15) is 19.8 Å². The van der Waals surface area contributed by atoms with Gasteiger partial charge in [0.15, 0.2) is 5.16 Å². The number of hydrogen-bond donors (Lipinski definition) is 0. The van der Waals surface area contributed by atoms with Gasteiger partial charge in [0, 0.05) is 29.7 Å². The van der Waals surface area contributed by atoms with E-state index in [-0.39, 0.29) is 5.56 Å². The van der Waals surface area contributed by atoms with Crippen molar-refractivity contribution in [3.05, 3.63) is 34.1 Å². The SMILES string of the molecule is CCn1c(SCCCC#N)nc2scc(-c3ccco3)c2c1=O. The fraction of sp³-hybridized carbons (Fsp3) is 0.312. The summed E-state index contributed by atoms with van der Waals surface area (Å²) in [5.74, 6) is 1.47. The zero-order chi connectivity index (χ0) is 16.2. The van der Waals surface area contributed by atoms with Crippen molar-refractivity contribution >= 4 is 33.3 Å². The summed E-state index contributed by atoms with van der Waals surface area (Å²) in [5, 5.41) is 11.9. The molecule has 3 aromatic heterocycles. The number of furan rings is 1. The van der Waals surface area contributed by atoms with Crippen LogP contribution in [0.5, 0.6) is 0 Å². The van der Waals surface area contributed by atoms with Gasteiger partial charge < -0.3 is 4.42 Å². The lowest BCUT2D eigenvalue weighted by molar-refractivity contribution is 0.582. The Morgan fingerprint density at radius 1 is 1.52 bits per heavy atom. The highest BCUT2D eigenvalue weighted by molar-refractivity contribution is 7.99.